The average Bonchev–Trinajstić information content (AvgIpc) is 2.73. The molecular formula is C17H16N2O2. The van der Waals surface area contributed by atoms with Gasteiger partial charge in [-0.2, -0.15) is 0 Å². The van der Waals surface area contributed by atoms with Crippen LogP contribution >= 0.6 is 0 Å². The maximum atomic E-state index is 12.5. The highest BCUT2D eigenvalue weighted by Crippen LogP contribution is 2.31. The third-order valence-corrected chi connectivity index (χ3v) is 4.28. The molecule has 1 aliphatic rings. The first kappa shape index (κ1) is 13.5. The first-order chi connectivity index (χ1) is 9.93. The third kappa shape index (κ3) is 1.79. The van der Waals surface area contributed by atoms with Gasteiger partial charge in [-0.3, -0.25) is 9.59 Å². The second-order valence-electron chi connectivity index (χ2n) is 5.39. The number of carbonyl (C=O) groups excluding carboxylic acids is 2. The van der Waals surface area contributed by atoms with Crippen LogP contribution in [-0.2, 0) is 0 Å². The van der Waals surface area contributed by atoms with Gasteiger partial charge in [0.1, 0.15) is 5.82 Å². The molecule has 2 amide bonds. The second-order valence-corrected chi connectivity index (χ2v) is 5.39. The number of amides is 2. The van der Waals surface area contributed by atoms with Crippen LogP contribution in [0.3, 0.4) is 0 Å². The van der Waals surface area contributed by atoms with Crippen molar-refractivity contribution in [1.29, 1.82) is 0 Å². The molecule has 0 saturated carbocycles. The molecule has 4 heteroatoms. The molecule has 2 heterocycles. The Bertz CT molecular complexity index is 759. The summed E-state index contributed by atoms with van der Waals surface area (Å²) in [6, 6.07) is 6.89. The van der Waals surface area contributed by atoms with Gasteiger partial charge in [0.2, 0.25) is 0 Å². The predicted octanol–water partition coefficient (Wildman–Crippen LogP) is 3.12. The van der Waals surface area contributed by atoms with Gasteiger partial charge in [-0.1, -0.05) is 12.1 Å². The number of aromatic nitrogens is 1. The number of rotatable bonds is 1. The van der Waals surface area contributed by atoms with Crippen molar-refractivity contribution < 1.29 is 9.59 Å². The summed E-state index contributed by atoms with van der Waals surface area (Å²) in [7, 11) is 0. The lowest BCUT2D eigenvalue weighted by atomic mass is 10.0. The standard InChI is InChI=1S/C17H16N2O2/c1-9-10(2)12(4)18-15(11(9)3)19-16(20)13-7-5-6-8-14(13)17(19)21/h5-8H,1-4H3. The number of carbonyl (C=O) groups is 2. The molecule has 106 valence electrons. The molecule has 0 N–H and O–H groups in total. The van der Waals surface area contributed by atoms with E-state index in [-0.39, 0.29) is 11.8 Å². The molecule has 0 radical (unpaired) electrons. The fraction of sp³-hybridized carbons (Fsp3) is 0.235. The van der Waals surface area contributed by atoms with Crippen molar-refractivity contribution in [3.05, 3.63) is 57.8 Å². The van der Waals surface area contributed by atoms with Crippen LogP contribution in [0.5, 0.6) is 0 Å². The van der Waals surface area contributed by atoms with E-state index in [1.165, 1.54) is 4.90 Å². The first-order valence-corrected chi connectivity index (χ1v) is 6.85. The molecule has 1 aromatic heterocycles. The topological polar surface area (TPSA) is 50.3 Å². The van der Waals surface area contributed by atoms with E-state index in [2.05, 4.69) is 4.98 Å². The molecule has 0 saturated heterocycles. The average molecular weight is 280 g/mol. The zero-order valence-electron chi connectivity index (χ0n) is 12.5. The summed E-state index contributed by atoms with van der Waals surface area (Å²) >= 11 is 0. The van der Waals surface area contributed by atoms with Crippen molar-refractivity contribution in [1.82, 2.24) is 4.98 Å². The van der Waals surface area contributed by atoms with Crippen molar-refractivity contribution in [2.24, 2.45) is 0 Å². The van der Waals surface area contributed by atoms with Crippen molar-refractivity contribution in [3.8, 4) is 0 Å². The van der Waals surface area contributed by atoms with Gasteiger partial charge < -0.3 is 0 Å². The third-order valence-electron chi connectivity index (χ3n) is 4.28. The monoisotopic (exact) mass is 280 g/mol. The molecule has 0 atom stereocenters. The van der Waals surface area contributed by atoms with E-state index in [1.807, 2.05) is 27.7 Å². The van der Waals surface area contributed by atoms with Gasteiger partial charge in [-0.05, 0) is 56.5 Å². The van der Waals surface area contributed by atoms with Crippen molar-refractivity contribution >= 4 is 17.6 Å². The number of imide groups is 1. The largest absolute Gasteiger partial charge is 0.268 e. The molecule has 1 aliphatic heterocycles. The van der Waals surface area contributed by atoms with Gasteiger partial charge in [0.25, 0.3) is 11.8 Å². The number of hydrogen-bond donors (Lipinski definition) is 0. The van der Waals surface area contributed by atoms with Crippen LogP contribution in [0.15, 0.2) is 24.3 Å². The van der Waals surface area contributed by atoms with E-state index < -0.39 is 0 Å². The highest BCUT2D eigenvalue weighted by atomic mass is 16.2. The maximum Gasteiger partial charge on any atom is 0.267 e. The summed E-state index contributed by atoms with van der Waals surface area (Å²) in [4.78, 5) is 30.7. The zero-order valence-corrected chi connectivity index (χ0v) is 12.5. The number of fused-ring (bicyclic) bond motifs is 1. The van der Waals surface area contributed by atoms with Crippen LogP contribution in [0, 0.1) is 27.7 Å². The van der Waals surface area contributed by atoms with Crippen molar-refractivity contribution in [3.63, 3.8) is 0 Å². The van der Waals surface area contributed by atoms with Gasteiger partial charge >= 0.3 is 0 Å². The zero-order chi connectivity index (χ0) is 15.3. The van der Waals surface area contributed by atoms with Crippen LogP contribution in [0.4, 0.5) is 5.82 Å². The van der Waals surface area contributed by atoms with Gasteiger partial charge in [-0.25, -0.2) is 9.88 Å². The number of anilines is 1. The number of hydrogen-bond acceptors (Lipinski definition) is 3. The number of aryl methyl sites for hydroxylation is 1. The van der Waals surface area contributed by atoms with Gasteiger partial charge in [-0.15, -0.1) is 0 Å². The Labute approximate surface area is 123 Å². The normalized spacial score (nSPS) is 13.8. The Balaban J connectivity index is 2.21. The lowest BCUT2D eigenvalue weighted by molar-refractivity contribution is 0.0925. The Hall–Kier alpha value is -2.49. The highest BCUT2D eigenvalue weighted by molar-refractivity contribution is 6.34. The Morgan fingerprint density at radius 2 is 1.33 bits per heavy atom. The molecule has 0 aliphatic carbocycles. The van der Waals surface area contributed by atoms with Crippen LogP contribution in [0.25, 0.3) is 0 Å². The van der Waals surface area contributed by atoms with E-state index in [0.29, 0.717) is 16.9 Å². The minimum atomic E-state index is -0.297. The molecule has 21 heavy (non-hydrogen) atoms. The molecule has 2 aromatic rings. The molecule has 0 bridgehead atoms. The minimum absolute atomic E-state index is 0.297. The Kier molecular flexibility index (Phi) is 2.90. The second kappa shape index (κ2) is 4.52. The smallest absolute Gasteiger partial charge is 0.267 e. The van der Waals surface area contributed by atoms with Gasteiger partial charge in [0.15, 0.2) is 0 Å². The maximum absolute atomic E-state index is 12.5. The first-order valence-electron chi connectivity index (χ1n) is 6.85. The predicted molar refractivity (Wildman–Crippen MR) is 80.8 cm³/mol. The van der Waals surface area contributed by atoms with Crippen LogP contribution in [0.2, 0.25) is 0 Å². The Morgan fingerprint density at radius 3 is 1.86 bits per heavy atom. The van der Waals surface area contributed by atoms with Crippen LogP contribution in [0.1, 0.15) is 43.1 Å². The van der Waals surface area contributed by atoms with E-state index in [1.54, 1.807) is 24.3 Å². The molecule has 3 rings (SSSR count). The number of pyridine rings is 1. The van der Waals surface area contributed by atoms with Crippen LogP contribution in [-0.4, -0.2) is 16.8 Å². The fourth-order valence-corrected chi connectivity index (χ4v) is 2.65. The summed E-state index contributed by atoms with van der Waals surface area (Å²) in [6.07, 6.45) is 0. The molecule has 0 fully saturated rings. The lowest BCUT2D eigenvalue weighted by Crippen LogP contribution is -2.31. The van der Waals surface area contributed by atoms with Crippen molar-refractivity contribution in [2.45, 2.75) is 27.7 Å². The minimum Gasteiger partial charge on any atom is -0.268 e. The summed E-state index contributed by atoms with van der Waals surface area (Å²) in [6.45, 7) is 7.77. The SMILES string of the molecule is Cc1nc(N2C(=O)c3ccccc3C2=O)c(C)c(C)c1C. The highest BCUT2D eigenvalue weighted by Gasteiger charge is 2.38. The fourth-order valence-electron chi connectivity index (χ4n) is 2.65. The van der Waals surface area contributed by atoms with E-state index in [0.717, 1.165) is 22.4 Å². The lowest BCUT2D eigenvalue weighted by Gasteiger charge is -2.19. The van der Waals surface area contributed by atoms with E-state index in [9.17, 15) is 9.59 Å². The van der Waals surface area contributed by atoms with Gasteiger partial charge in [0.05, 0.1) is 11.1 Å². The summed E-state index contributed by atoms with van der Waals surface area (Å²) in [5, 5.41) is 0. The molecule has 4 nitrogen and oxygen atoms in total. The molecular weight excluding hydrogens is 264 g/mol. The Morgan fingerprint density at radius 1 is 0.810 bits per heavy atom. The van der Waals surface area contributed by atoms with E-state index >= 15 is 0 Å². The summed E-state index contributed by atoms with van der Waals surface area (Å²) in [5.74, 6) is -0.149. The molecule has 1 aromatic carbocycles. The molecule has 0 spiro atoms. The number of nitrogens with zero attached hydrogens (tertiary/aromatic N) is 2. The summed E-state index contributed by atoms with van der Waals surface area (Å²) < 4.78 is 0. The quantitative estimate of drug-likeness (QED) is 0.754. The van der Waals surface area contributed by atoms with Gasteiger partial charge in [0, 0.05) is 5.69 Å². The van der Waals surface area contributed by atoms with Crippen molar-refractivity contribution in [2.75, 3.05) is 4.90 Å². The van der Waals surface area contributed by atoms with E-state index in [4.69, 9.17) is 0 Å². The molecule has 0 unspecified atom stereocenters. The van der Waals surface area contributed by atoms with Crippen LogP contribution < -0.4 is 4.90 Å². The summed E-state index contributed by atoms with van der Waals surface area (Å²) in [5.41, 5.74) is 4.75. The number of benzene rings is 1.